The SMILES string of the molecule is CC(C)(C)c1cc(-c2cccc3c4ccccc4c4ccccc4c4cccc5c4n(c23)[CH-]N5c2[c-]c(Oc3[c-]c4c(cc3)c3cc(-n5c6ccccc6c6ccccc65)ccc3n4-c3cc(C(C)(C)C)ccn3)ccc2)cc([Si](C)(C)C)c1.[Pt]. The molecule has 0 saturated heterocycles. The molecule has 8 heteroatoms. The molecule has 10 aromatic carbocycles. The predicted molar refractivity (Wildman–Crippen MR) is 357 cm³/mol. The van der Waals surface area contributed by atoms with E-state index in [1.165, 1.54) is 76.2 Å². The normalized spacial score (nSPS) is 12.7. The first-order chi connectivity index (χ1) is 40.5. The summed E-state index contributed by atoms with van der Waals surface area (Å²) in [6, 6.07) is 85.3. The van der Waals surface area contributed by atoms with Crippen LogP contribution in [0, 0.1) is 18.8 Å². The van der Waals surface area contributed by atoms with Crippen LogP contribution in [0.15, 0.2) is 219 Å². The zero-order chi connectivity index (χ0) is 57.4. The summed E-state index contributed by atoms with van der Waals surface area (Å²) in [5, 5.41) is 13.2. The van der Waals surface area contributed by atoms with Gasteiger partial charge in [-0.15, -0.1) is 35.7 Å². The quantitative estimate of drug-likeness (QED) is 0.118. The molecule has 0 unspecified atom stereocenters. The van der Waals surface area contributed by atoms with Crippen LogP contribution in [0.1, 0.15) is 52.7 Å². The first-order valence-corrected chi connectivity index (χ1v) is 32.8. The maximum Gasteiger partial charge on any atom is 0.135 e. The first-order valence-electron chi connectivity index (χ1n) is 29.3. The molecule has 0 amide bonds. The number of para-hydroxylation sites is 4. The Balaban J connectivity index is 0.00000640. The molecule has 6 nitrogen and oxygen atoms in total. The van der Waals surface area contributed by atoms with Gasteiger partial charge in [0, 0.05) is 66.4 Å². The topological polar surface area (TPSA) is 40.1 Å². The average molecular weight is 1300 g/mol. The zero-order valence-electron chi connectivity index (χ0n) is 49.3. The standard InChI is InChI=1S/C77H64N5OSi.Pt/c1-76(2,3)50-39-40-78-73(44-50)82-70-38-35-53(81-68-32-16-14-27-62(68)63-28-15-17-33-69(63)81)46-67(70)64-37-36-55(47-72(64)82)83-54-22-18-21-52(45-54)79-48-80-74-57(49-41-51(77(4,5)6)43-56(42-49)84(7,8)9)29-19-30-65(74)60-25-12-10-23-58(60)59-24-11-13-26-61(59)66-31-20-34-71(79)75(66)80;/h10-44,46,48H,1-9H3;/q-3;. The smallest absolute Gasteiger partial charge is 0.135 e. The molecule has 0 spiro atoms. The third kappa shape index (κ3) is 9.01. The minimum atomic E-state index is -1.76. The largest absolute Gasteiger partial charge is 0.509 e. The molecule has 0 N–H and O–H groups in total. The minimum absolute atomic E-state index is 0. The second-order valence-corrected chi connectivity index (χ2v) is 30.8. The summed E-state index contributed by atoms with van der Waals surface area (Å²) in [7, 11) is -1.76. The number of rotatable bonds is 7. The van der Waals surface area contributed by atoms with Crippen LogP contribution in [0.4, 0.5) is 11.4 Å². The van der Waals surface area contributed by atoms with Crippen LogP contribution < -0.4 is 14.8 Å². The van der Waals surface area contributed by atoms with Crippen molar-refractivity contribution < 1.29 is 25.8 Å². The number of fused-ring (bicyclic) bond motifs is 13. The Hall–Kier alpha value is -8.87. The second-order valence-electron chi connectivity index (χ2n) is 25.8. The third-order valence-corrected chi connectivity index (χ3v) is 19.3. The van der Waals surface area contributed by atoms with Crippen molar-refractivity contribution >= 4 is 112 Å². The van der Waals surface area contributed by atoms with Crippen molar-refractivity contribution in [3.63, 3.8) is 0 Å². The molecule has 0 radical (unpaired) electrons. The summed E-state index contributed by atoms with van der Waals surface area (Å²) in [5.74, 6) is 1.99. The van der Waals surface area contributed by atoms with Gasteiger partial charge >= 0.3 is 0 Å². The molecule has 0 atom stereocenters. The van der Waals surface area contributed by atoms with Gasteiger partial charge < -0.3 is 23.3 Å². The van der Waals surface area contributed by atoms with Gasteiger partial charge in [0.15, 0.2) is 0 Å². The summed E-state index contributed by atoms with van der Waals surface area (Å²) in [5.41, 5.74) is 14.3. The van der Waals surface area contributed by atoms with Gasteiger partial charge in [0.05, 0.1) is 19.1 Å². The predicted octanol–water partition coefficient (Wildman–Crippen LogP) is 20.1. The molecule has 1 aliphatic rings. The fraction of sp³-hybridized carbons (Fsp3) is 0.143. The molecule has 5 heterocycles. The Labute approximate surface area is 512 Å². The third-order valence-electron chi connectivity index (χ3n) is 17.3. The Morgan fingerprint density at radius 3 is 1.69 bits per heavy atom. The number of pyridine rings is 1. The van der Waals surface area contributed by atoms with E-state index in [1.54, 1.807) is 0 Å². The zero-order valence-corrected chi connectivity index (χ0v) is 52.6. The van der Waals surface area contributed by atoms with Crippen molar-refractivity contribution in [3.8, 4) is 34.1 Å². The van der Waals surface area contributed by atoms with Crippen LogP contribution in [0.25, 0.3) is 110 Å². The monoisotopic (exact) mass is 1300 g/mol. The van der Waals surface area contributed by atoms with Crippen molar-refractivity contribution in [2.75, 3.05) is 4.90 Å². The Kier molecular flexibility index (Phi) is 12.8. The van der Waals surface area contributed by atoms with Crippen molar-refractivity contribution in [3.05, 3.63) is 248 Å². The van der Waals surface area contributed by atoms with E-state index in [9.17, 15) is 0 Å². The molecule has 0 bridgehead atoms. The van der Waals surface area contributed by atoms with Crippen molar-refractivity contribution in [2.24, 2.45) is 0 Å². The van der Waals surface area contributed by atoms with Crippen LogP contribution in [-0.4, -0.2) is 26.8 Å². The Morgan fingerprint density at radius 2 is 1.04 bits per heavy atom. The molecule has 0 saturated carbocycles. The van der Waals surface area contributed by atoms with Gasteiger partial charge in [-0.1, -0.05) is 211 Å². The summed E-state index contributed by atoms with van der Waals surface area (Å²) in [4.78, 5) is 7.33. The van der Waals surface area contributed by atoms with Crippen molar-refractivity contribution in [1.82, 2.24) is 18.7 Å². The van der Waals surface area contributed by atoms with E-state index < -0.39 is 8.07 Å². The molecular weight excluding hydrogens is 1230 g/mol. The Bertz CT molecular complexity index is 5040. The average Bonchev–Trinajstić information content (AvgIpc) is 2.01. The van der Waals surface area contributed by atoms with Crippen LogP contribution in [-0.2, 0) is 31.9 Å². The summed E-state index contributed by atoms with van der Waals surface area (Å²) < 4.78 is 14.0. The van der Waals surface area contributed by atoms with Gasteiger partial charge in [-0.3, -0.25) is 0 Å². The van der Waals surface area contributed by atoms with Gasteiger partial charge in [0.25, 0.3) is 0 Å². The molecule has 0 aliphatic carbocycles. The Morgan fingerprint density at radius 1 is 0.459 bits per heavy atom. The molecular formula is C77H64N5OPtSi-3. The summed E-state index contributed by atoms with van der Waals surface area (Å²) >= 11 is 0. The molecule has 14 aromatic rings. The van der Waals surface area contributed by atoms with E-state index in [2.05, 4.69) is 299 Å². The van der Waals surface area contributed by atoms with Crippen LogP contribution in [0.2, 0.25) is 19.6 Å². The van der Waals surface area contributed by atoms with E-state index in [4.69, 9.17) is 9.72 Å². The molecule has 1 aliphatic heterocycles. The number of hydrogen-bond acceptors (Lipinski definition) is 3. The fourth-order valence-corrected chi connectivity index (χ4v) is 14.1. The fourth-order valence-electron chi connectivity index (χ4n) is 12.9. The molecule has 0 fully saturated rings. The van der Waals surface area contributed by atoms with E-state index in [1.807, 2.05) is 18.3 Å². The van der Waals surface area contributed by atoms with E-state index in [0.29, 0.717) is 11.5 Å². The second kappa shape index (κ2) is 20.2. The first kappa shape index (κ1) is 54.1. The number of anilines is 2. The number of benzene rings is 10. The van der Waals surface area contributed by atoms with Crippen LogP contribution >= 0.6 is 0 Å². The number of aromatic nitrogens is 4. The molecule has 15 rings (SSSR count). The van der Waals surface area contributed by atoms with Crippen molar-refractivity contribution in [1.29, 1.82) is 0 Å². The molecule has 420 valence electrons. The number of ether oxygens (including phenoxy) is 1. The van der Waals surface area contributed by atoms with E-state index in [0.717, 1.165) is 61.1 Å². The summed E-state index contributed by atoms with van der Waals surface area (Å²) in [6.45, 7) is 23.4. The number of nitrogens with zero attached hydrogens (tertiary/aromatic N) is 5. The van der Waals surface area contributed by atoms with Crippen molar-refractivity contribution in [2.45, 2.75) is 72.0 Å². The van der Waals surface area contributed by atoms with Gasteiger partial charge in [0.1, 0.15) is 5.82 Å². The maximum atomic E-state index is 6.96. The van der Waals surface area contributed by atoms with Gasteiger partial charge in [-0.25, -0.2) is 4.98 Å². The minimum Gasteiger partial charge on any atom is -0.509 e. The maximum absolute atomic E-state index is 6.96. The summed E-state index contributed by atoms with van der Waals surface area (Å²) in [6.07, 6.45) is 1.93. The van der Waals surface area contributed by atoms with Gasteiger partial charge in [-0.05, 0) is 137 Å². The molecule has 4 aromatic heterocycles. The molecule has 85 heavy (non-hydrogen) atoms. The van der Waals surface area contributed by atoms with Crippen LogP contribution in [0.5, 0.6) is 11.5 Å². The van der Waals surface area contributed by atoms with E-state index >= 15 is 0 Å². The van der Waals surface area contributed by atoms with Crippen LogP contribution in [0.3, 0.4) is 0 Å². The number of hydrogen-bond donors (Lipinski definition) is 0. The van der Waals surface area contributed by atoms with Gasteiger partial charge in [-0.2, -0.15) is 12.1 Å². The van der Waals surface area contributed by atoms with E-state index in [-0.39, 0.29) is 31.9 Å². The van der Waals surface area contributed by atoms with Gasteiger partial charge in [0.2, 0.25) is 0 Å².